The maximum Gasteiger partial charge on any atom is 0.333 e. The molecule has 5 rings (SSSR count). The highest BCUT2D eigenvalue weighted by molar-refractivity contribution is 7.21. The standard InChI is InChI=1S/C32H40FN5O6S/c1-18(2)35-30(41)32(4,5)38-27(40)26-19(3)28(37-15-7-14-34-37)45-29(26)36(31(38)42)17-25(44-22-11-9-21(39)10-12-22)23-16-20(33)8-13-24(23)43-6/h7-8,13-16,18,21-22,25,39H,9-12,17H2,1-6H3,(H,35,41)/t21-,22+,25-/m0/s1. The molecule has 45 heavy (non-hydrogen) atoms. The lowest BCUT2D eigenvalue weighted by molar-refractivity contribution is -0.129. The van der Waals surface area contributed by atoms with Crippen LogP contribution in [0.25, 0.3) is 15.2 Å². The summed E-state index contributed by atoms with van der Waals surface area (Å²) in [7, 11) is 1.48. The van der Waals surface area contributed by atoms with E-state index < -0.39 is 40.7 Å². The van der Waals surface area contributed by atoms with Crippen LogP contribution in [-0.2, 0) is 21.6 Å². The molecule has 1 atom stereocenters. The fraction of sp³-hybridized carbons (Fsp3) is 0.500. The zero-order chi connectivity index (χ0) is 32.6. The molecule has 1 aliphatic carbocycles. The number of thiophene rings is 1. The van der Waals surface area contributed by atoms with E-state index in [4.69, 9.17) is 9.47 Å². The topological polar surface area (TPSA) is 130 Å². The molecular formula is C32H40FN5O6S. The minimum Gasteiger partial charge on any atom is -0.496 e. The number of aromatic nitrogens is 4. The normalized spacial score (nSPS) is 18.0. The first kappa shape index (κ1) is 32.6. The van der Waals surface area contributed by atoms with E-state index in [0.717, 1.165) is 4.57 Å². The van der Waals surface area contributed by atoms with Gasteiger partial charge in [0, 0.05) is 29.6 Å². The molecule has 3 heterocycles. The fourth-order valence-corrected chi connectivity index (χ4v) is 7.13. The summed E-state index contributed by atoms with van der Waals surface area (Å²) in [4.78, 5) is 42.5. The number of benzene rings is 1. The predicted octanol–water partition coefficient (Wildman–Crippen LogP) is 4.19. The maximum absolute atomic E-state index is 14.7. The molecule has 3 aromatic heterocycles. The van der Waals surface area contributed by atoms with Crippen LogP contribution in [0.5, 0.6) is 5.75 Å². The monoisotopic (exact) mass is 641 g/mol. The third-order valence-electron chi connectivity index (χ3n) is 8.32. The fourth-order valence-electron chi connectivity index (χ4n) is 5.89. The van der Waals surface area contributed by atoms with Gasteiger partial charge in [-0.15, -0.1) is 0 Å². The van der Waals surface area contributed by atoms with Gasteiger partial charge in [0.25, 0.3) is 5.56 Å². The molecule has 0 unspecified atom stereocenters. The minimum absolute atomic E-state index is 0.102. The lowest BCUT2D eigenvalue weighted by atomic mass is 9.94. The summed E-state index contributed by atoms with van der Waals surface area (Å²) >= 11 is 1.23. The van der Waals surface area contributed by atoms with Crippen molar-refractivity contribution in [1.82, 2.24) is 24.2 Å². The number of carbonyl (C=O) groups excluding carboxylic acids is 1. The molecule has 1 saturated carbocycles. The van der Waals surface area contributed by atoms with Gasteiger partial charge in [-0.05, 0) is 84.6 Å². The summed E-state index contributed by atoms with van der Waals surface area (Å²) in [6.07, 6.45) is 4.12. The Morgan fingerprint density at radius 1 is 1.22 bits per heavy atom. The predicted molar refractivity (Wildman–Crippen MR) is 170 cm³/mol. The molecule has 4 aromatic rings. The smallest absolute Gasteiger partial charge is 0.333 e. The van der Waals surface area contributed by atoms with E-state index in [9.17, 15) is 23.9 Å². The first-order chi connectivity index (χ1) is 21.3. The second kappa shape index (κ2) is 12.9. The van der Waals surface area contributed by atoms with E-state index in [-0.39, 0.29) is 24.1 Å². The van der Waals surface area contributed by atoms with Crippen molar-refractivity contribution in [1.29, 1.82) is 0 Å². The van der Waals surface area contributed by atoms with Crippen molar-refractivity contribution in [2.75, 3.05) is 7.11 Å². The van der Waals surface area contributed by atoms with Crippen molar-refractivity contribution in [3.05, 3.63) is 74.4 Å². The van der Waals surface area contributed by atoms with Crippen LogP contribution in [0, 0.1) is 12.7 Å². The number of methoxy groups -OCH3 is 1. The summed E-state index contributed by atoms with van der Waals surface area (Å²) < 4.78 is 31.0. The SMILES string of the molecule is COc1ccc(F)cc1[C@H](Cn1c(=O)n(C(C)(C)C(=O)NC(C)C)c(=O)c2c(C)c(-n3cccn3)sc21)O[C@H]1CC[C@@H](O)CC1. The Labute approximate surface area is 264 Å². The van der Waals surface area contributed by atoms with Gasteiger partial charge in [0.05, 0.1) is 31.2 Å². The van der Waals surface area contributed by atoms with Crippen molar-refractivity contribution in [3.8, 4) is 10.8 Å². The van der Waals surface area contributed by atoms with E-state index in [0.29, 0.717) is 52.4 Å². The Morgan fingerprint density at radius 2 is 1.93 bits per heavy atom. The molecule has 0 spiro atoms. The molecule has 0 saturated heterocycles. The van der Waals surface area contributed by atoms with Crippen LogP contribution in [0.15, 0.2) is 46.2 Å². The van der Waals surface area contributed by atoms with Crippen LogP contribution in [0.1, 0.15) is 70.6 Å². The van der Waals surface area contributed by atoms with E-state index >= 15 is 0 Å². The Hall–Kier alpha value is -3.81. The highest BCUT2D eigenvalue weighted by Crippen LogP contribution is 2.36. The second-order valence-corrected chi connectivity index (χ2v) is 13.3. The van der Waals surface area contributed by atoms with E-state index in [2.05, 4.69) is 10.4 Å². The number of rotatable bonds is 10. The number of hydrogen-bond acceptors (Lipinski definition) is 8. The molecule has 242 valence electrons. The molecule has 0 bridgehead atoms. The van der Waals surface area contributed by atoms with Gasteiger partial charge in [-0.3, -0.25) is 14.2 Å². The number of nitrogens with zero attached hydrogens (tertiary/aromatic N) is 4. The number of aliphatic hydroxyl groups excluding tert-OH is 1. The van der Waals surface area contributed by atoms with Gasteiger partial charge >= 0.3 is 5.69 Å². The van der Waals surface area contributed by atoms with Crippen molar-refractivity contribution in [2.45, 2.75) is 96.7 Å². The Balaban J connectivity index is 1.75. The van der Waals surface area contributed by atoms with E-state index in [1.165, 1.54) is 55.1 Å². The number of hydrogen-bond donors (Lipinski definition) is 2. The van der Waals surface area contributed by atoms with Crippen LogP contribution in [0.3, 0.4) is 0 Å². The van der Waals surface area contributed by atoms with Gasteiger partial charge in [0.15, 0.2) is 0 Å². The van der Waals surface area contributed by atoms with Crippen LogP contribution >= 0.6 is 11.3 Å². The lowest BCUT2D eigenvalue weighted by Gasteiger charge is -2.31. The second-order valence-electron chi connectivity index (χ2n) is 12.3. The van der Waals surface area contributed by atoms with Gasteiger partial charge in [0.1, 0.15) is 33.0 Å². The van der Waals surface area contributed by atoms with Crippen LogP contribution in [-0.4, -0.2) is 55.3 Å². The maximum atomic E-state index is 14.7. The number of ether oxygens (including phenoxy) is 2. The van der Waals surface area contributed by atoms with Gasteiger partial charge in [-0.1, -0.05) is 11.3 Å². The largest absolute Gasteiger partial charge is 0.496 e. The molecular weight excluding hydrogens is 601 g/mol. The zero-order valence-electron chi connectivity index (χ0n) is 26.4. The molecule has 1 aliphatic rings. The van der Waals surface area contributed by atoms with Gasteiger partial charge < -0.3 is 19.9 Å². The van der Waals surface area contributed by atoms with Crippen molar-refractivity contribution in [2.24, 2.45) is 0 Å². The lowest BCUT2D eigenvalue weighted by Crippen LogP contribution is -2.56. The van der Waals surface area contributed by atoms with E-state index in [1.54, 1.807) is 43.9 Å². The quantitative estimate of drug-likeness (QED) is 0.266. The molecule has 0 radical (unpaired) electrons. The van der Waals surface area contributed by atoms with Gasteiger partial charge in [0.2, 0.25) is 5.91 Å². The highest BCUT2D eigenvalue weighted by Gasteiger charge is 2.37. The first-order valence-electron chi connectivity index (χ1n) is 15.1. The molecule has 1 aromatic carbocycles. The van der Waals surface area contributed by atoms with Crippen LogP contribution in [0.4, 0.5) is 4.39 Å². The number of halogens is 1. The first-order valence-corrected chi connectivity index (χ1v) is 15.9. The zero-order valence-corrected chi connectivity index (χ0v) is 27.2. The summed E-state index contributed by atoms with van der Waals surface area (Å²) in [5.74, 6) is -0.602. The summed E-state index contributed by atoms with van der Waals surface area (Å²) in [6.45, 7) is 8.36. The number of amides is 1. The van der Waals surface area contributed by atoms with Crippen LogP contribution in [0.2, 0.25) is 0 Å². The van der Waals surface area contributed by atoms with Crippen molar-refractivity contribution < 1.29 is 23.8 Å². The Morgan fingerprint density at radius 3 is 2.56 bits per heavy atom. The highest BCUT2D eigenvalue weighted by atomic mass is 32.1. The number of carbonyl (C=O) groups is 1. The number of aliphatic hydroxyl groups is 1. The van der Waals surface area contributed by atoms with Crippen LogP contribution < -0.4 is 21.3 Å². The summed E-state index contributed by atoms with van der Waals surface area (Å²) in [6, 6.07) is 5.66. The van der Waals surface area contributed by atoms with E-state index in [1.807, 2.05) is 0 Å². The average molecular weight is 642 g/mol. The summed E-state index contributed by atoms with van der Waals surface area (Å²) in [5, 5.41) is 18.2. The van der Waals surface area contributed by atoms with Crippen molar-refractivity contribution in [3.63, 3.8) is 0 Å². The molecule has 2 N–H and O–H groups in total. The third kappa shape index (κ3) is 6.34. The molecule has 11 nitrogen and oxygen atoms in total. The van der Waals surface area contributed by atoms with Crippen molar-refractivity contribution >= 4 is 27.5 Å². The summed E-state index contributed by atoms with van der Waals surface area (Å²) in [5.41, 5.74) is -1.84. The molecule has 1 amide bonds. The Kier molecular flexibility index (Phi) is 9.33. The minimum atomic E-state index is -1.55. The molecule has 0 aliphatic heterocycles. The third-order valence-corrected chi connectivity index (χ3v) is 9.63. The molecule has 1 fully saturated rings. The van der Waals surface area contributed by atoms with Gasteiger partial charge in [-0.2, -0.15) is 5.10 Å². The number of fused-ring (bicyclic) bond motifs is 1. The average Bonchev–Trinajstić information content (AvgIpc) is 3.63. The Bertz CT molecular complexity index is 1800. The number of nitrogens with one attached hydrogen (secondary N) is 1. The molecule has 13 heteroatoms. The van der Waals surface area contributed by atoms with Gasteiger partial charge in [-0.25, -0.2) is 18.4 Å². The number of aryl methyl sites for hydroxylation is 1.